The van der Waals surface area contributed by atoms with Crippen LogP contribution in [0.5, 0.6) is 0 Å². The number of alkyl halides is 2. The van der Waals surface area contributed by atoms with Gasteiger partial charge in [0.05, 0.1) is 12.6 Å². The molecule has 0 radical (unpaired) electrons. The first-order valence-electron chi connectivity index (χ1n) is 5.55. The van der Waals surface area contributed by atoms with E-state index in [1.54, 1.807) is 16.7 Å². The predicted octanol–water partition coefficient (Wildman–Crippen LogP) is 0.133. The molecule has 0 spiro atoms. The summed E-state index contributed by atoms with van der Waals surface area (Å²) in [5.41, 5.74) is 5.51. The topological polar surface area (TPSA) is 49.6 Å². The summed E-state index contributed by atoms with van der Waals surface area (Å²) in [5.74, 6) is -0.0982. The maximum absolute atomic E-state index is 12.2. The number of carbonyl (C=O) groups excluding carboxylic acids is 1. The molecule has 1 fully saturated rings. The van der Waals surface area contributed by atoms with E-state index in [0.717, 1.165) is 6.42 Å². The Kier molecular flexibility index (Phi) is 5.08. The third-order valence-electron chi connectivity index (χ3n) is 2.69. The number of halogens is 2. The Hall–Kier alpha value is -0.750. The molecular formula is C10H19F2N3O. The average molecular weight is 235 g/mol. The maximum Gasteiger partial charge on any atom is 0.251 e. The summed E-state index contributed by atoms with van der Waals surface area (Å²) in [5, 5.41) is 0. The molecule has 1 rings (SSSR count). The SMILES string of the molecule is C[C@@H](N)C(=O)N1CCCN(CC(F)F)CC1. The molecule has 0 aliphatic carbocycles. The zero-order valence-electron chi connectivity index (χ0n) is 9.53. The number of carbonyl (C=O) groups is 1. The normalized spacial score (nSPS) is 20.9. The lowest BCUT2D eigenvalue weighted by Gasteiger charge is -2.23. The monoisotopic (exact) mass is 235 g/mol. The lowest BCUT2D eigenvalue weighted by molar-refractivity contribution is -0.132. The standard InChI is InChI=1S/C10H19F2N3O/c1-8(13)10(16)15-4-2-3-14(5-6-15)7-9(11)12/h8-9H,2-7,13H2,1H3/t8-/m1/s1. The van der Waals surface area contributed by atoms with E-state index in [1.807, 2.05) is 0 Å². The first-order chi connectivity index (χ1) is 7.50. The van der Waals surface area contributed by atoms with Crippen LogP contribution in [-0.4, -0.2) is 60.9 Å². The molecule has 0 saturated carbocycles. The summed E-state index contributed by atoms with van der Waals surface area (Å²) in [7, 11) is 0. The lowest BCUT2D eigenvalue weighted by Crippen LogP contribution is -2.44. The van der Waals surface area contributed by atoms with E-state index < -0.39 is 12.5 Å². The minimum absolute atomic E-state index is 0.0982. The van der Waals surface area contributed by atoms with Crippen LogP contribution in [0.2, 0.25) is 0 Å². The molecule has 16 heavy (non-hydrogen) atoms. The minimum Gasteiger partial charge on any atom is -0.340 e. The molecule has 2 N–H and O–H groups in total. The number of nitrogens with zero attached hydrogens (tertiary/aromatic N) is 2. The van der Waals surface area contributed by atoms with Gasteiger partial charge >= 0.3 is 0 Å². The van der Waals surface area contributed by atoms with Crippen LogP contribution in [0.4, 0.5) is 8.78 Å². The van der Waals surface area contributed by atoms with Gasteiger partial charge in [-0.2, -0.15) is 0 Å². The number of amides is 1. The quantitative estimate of drug-likeness (QED) is 0.756. The molecule has 0 aromatic heterocycles. The zero-order chi connectivity index (χ0) is 12.1. The van der Waals surface area contributed by atoms with Crippen molar-refractivity contribution < 1.29 is 13.6 Å². The molecule has 0 aromatic carbocycles. The molecule has 94 valence electrons. The van der Waals surface area contributed by atoms with E-state index >= 15 is 0 Å². The van der Waals surface area contributed by atoms with E-state index in [9.17, 15) is 13.6 Å². The summed E-state index contributed by atoms with van der Waals surface area (Å²) in [4.78, 5) is 15.0. The van der Waals surface area contributed by atoms with Crippen molar-refractivity contribution in [3.63, 3.8) is 0 Å². The summed E-state index contributed by atoms with van der Waals surface area (Å²) in [6.45, 7) is 3.66. The second-order valence-corrected chi connectivity index (χ2v) is 4.16. The molecule has 0 unspecified atom stereocenters. The summed E-state index contributed by atoms with van der Waals surface area (Å²) in [6.07, 6.45) is -1.58. The van der Waals surface area contributed by atoms with E-state index in [4.69, 9.17) is 5.73 Å². The first kappa shape index (κ1) is 13.3. The number of rotatable bonds is 3. The minimum atomic E-state index is -2.31. The van der Waals surface area contributed by atoms with Crippen molar-refractivity contribution in [2.24, 2.45) is 5.73 Å². The van der Waals surface area contributed by atoms with Gasteiger partial charge in [-0.05, 0) is 13.3 Å². The van der Waals surface area contributed by atoms with Crippen LogP contribution in [0.3, 0.4) is 0 Å². The third-order valence-corrected chi connectivity index (χ3v) is 2.69. The van der Waals surface area contributed by atoms with Gasteiger partial charge in [0.15, 0.2) is 0 Å². The Morgan fingerprint density at radius 2 is 2.00 bits per heavy atom. The predicted molar refractivity (Wildman–Crippen MR) is 57.3 cm³/mol. The first-order valence-corrected chi connectivity index (χ1v) is 5.55. The van der Waals surface area contributed by atoms with Gasteiger partial charge in [-0.1, -0.05) is 0 Å². The molecule has 0 bridgehead atoms. The van der Waals surface area contributed by atoms with Gasteiger partial charge in [-0.15, -0.1) is 0 Å². The van der Waals surface area contributed by atoms with Crippen molar-refractivity contribution in [1.29, 1.82) is 0 Å². The Labute approximate surface area is 94.4 Å². The van der Waals surface area contributed by atoms with Crippen LogP contribution in [0.1, 0.15) is 13.3 Å². The Bertz CT molecular complexity index is 236. The Morgan fingerprint density at radius 3 is 2.56 bits per heavy atom. The van der Waals surface area contributed by atoms with Crippen molar-refractivity contribution in [3.8, 4) is 0 Å². The van der Waals surface area contributed by atoms with Crippen LogP contribution >= 0.6 is 0 Å². The molecule has 0 aromatic rings. The summed E-state index contributed by atoms with van der Waals surface area (Å²) >= 11 is 0. The van der Waals surface area contributed by atoms with Crippen LogP contribution in [0, 0.1) is 0 Å². The molecule has 4 nitrogen and oxygen atoms in total. The van der Waals surface area contributed by atoms with Crippen LogP contribution < -0.4 is 5.73 Å². The van der Waals surface area contributed by atoms with Crippen molar-refractivity contribution >= 4 is 5.91 Å². The Morgan fingerprint density at radius 1 is 1.31 bits per heavy atom. The van der Waals surface area contributed by atoms with Gasteiger partial charge in [-0.3, -0.25) is 9.69 Å². The van der Waals surface area contributed by atoms with E-state index in [-0.39, 0.29) is 12.5 Å². The van der Waals surface area contributed by atoms with Crippen LogP contribution in [-0.2, 0) is 4.79 Å². The van der Waals surface area contributed by atoms with Crippen molar-refractivity contribution in [2.45, 2.75) is 25.8 Å². The van der Waals surface area contributed by atoms with Crippen LogP contribution in [0.25, 0.3) is 0 Å². The average Bonchev–Trinajstić information content (AvgIpc) is 2.41. The fraction of sp³-hybridized carbons (Fsp3) is 0.900. The largest absolute Gasteiger partial charge is 0.340 e. The molecule has 6 heteroatoms. The fourth-order valence-corrected chi connectivity index (χ4v) is 1.86. The van der Waals surface area contributed by atoms with Gasteiger partial charge in [0.25, 0.3) is 6.43 Å². The highest BCUT2D eigenvalue weighted by atomic mass is 19.3. The highest BCUT2D eigenvalue weighted by molar-refractivity contribution is 5.81. The van der Waals surface area contributed by atoms with E-state index in [2.05, 4.69) is 0 Å². The highest BCUT2D eigenvalue weighted by Gasteiger charge is 2.22. The van der Waals surface area contributed by atoms with Gasteiger partial charge in [0.1, 0.15) is 0 Å². The number of hydrogen-bond donors (Lipinski definition) is 1. The van der Waals surface area contributed by atoms with Gasteiger partial charge in [-0.25, -0.2) is 8.78 Å². The van der Waals surface area contributed by atoms with Crippen molar-refractivity contribution in [2.75, 3.05) is 32.7 Å². The lowest BCUT2D eigenvalue weighted by atomic mass is 10.3. The van der Waals surface area contributed by atoms with Gasteiger partial charge in [0.2, 0.25) is 5.91 Å². The second kappa shape index (κ2) is 6.10. The zero-order valence-corrected chi connectivity index (χ0v) is 9.53. The third kappa shape index (κ3) is 4.02. The Balaban J connectivity index is 2.43. The highest BCUT2D eigenvalue weighted by Crippen LogP contribution is 2.06. The molecule has 1 atom stereocenters. The van der Waals surface area contributed by atoms with Crippen molar-refractivity contribution in [3.05, 3.63) is 0 Å². The molecule has 1 saturated heterocycles. The number of hydrogen-bond acceptors (Lipinski definition) is 3. The molecule has 1 aliphatic rings. The second-order valence-electron chi connectivity index (χ2n) is 4.16. The van der Waals surface area contributed by atoms with Gasteiger partial charge < -0.3 is 10.6 Å². The number of nitrogens with two attached hydrogens (primary N) is 1. The molecule has 1 heterocycles. The van der Waals surface area contributed by atoms with E-state index in [0.29, 0.717) is 26.2 Å². The smallest absolute Gasteiger partial charge is 0.251 e. The van der Waals surface area contributed by atoms with E-state index in [1.165, 1.54) is 0 Å². The molecule has 1 amide bonds. The van der Waals surface area contributed by atoms with Gasteiger partial charge in [0, 0.05) is 26.2 Å². The fourth-order valence-electron chi connectivity index (χ4n) is 1.86. The summed E-state index contributed by atoms with van der Waals surface area (Å²) in [6, 6.07) is -0.512. The van der Waals surface area contributed by atoms with Crippen molar-refractivity contribution in [1.82, 2.24) is 9.80 Å². The van der Waals surface area contributed by atoms with Crippen LogP contribution in [0.15, 0.2) is 0 Å². The molecular weight excluding hydrogens is 216 g/mol. The summed E-state index contributed by atoms with van der Waals surface area (Å²) < 4.78 is 24.4. The maximum atomic E-state index is 12.2. The molecule has 1 aliphatic heterocycles.